The number of nitrogens with zero attached hydrogens (tertiary/aromatic N) is 4. The predicted octanol–water partition coefficient (Wildman–Crippen LogP) is 3.55. The normalized spacial score (nSPS) is 19.3. The number of ether oxygens (including phenoxy) is 3. The number of fused-ring (bicyclic) bond motifs is 1. The summed E-state index contributed by atoms with van der Waals surface area (Å²) < 4.78 is 16.3. The van der Waals surface area contributed by atoms with E-state index < -0.39 is 0 Å². The summed E-state index contributed by atoms with van der Waals surface area (Å²) >= 11 is 0. The van der Waals surface area contributed by atoms with Crippen molar-refractivity contribution in [1.82, 2.24) is 14.9 Å². The molecule has 32 heavy (non-hydrogen) atoms. The molecule has 0 amide bonds. The van der Waals surface area contributed by atoms with Crippen molar-refractivity contribution in [3.05, 3.63) is 18.0 Å². The highest BCUT2D eigenvalue weighted by Crippen LogP contribution is 2.36. The Morgan fingerprint density at radius 3 is 2.47 bits per heavy atom. The number of piperidine rings is 1. The highest BCUT2D eigenvalue weighted by atomic mass is 16.5. The van der Waals surface area contributed by atoms with Gasteiger partial charge < -0.3 is 19.1 Å². The van der Waals surface area contributed by atoms with Gasteiger partial charge >= 0.3 is 5.97 Å². The van der Waals surface area contributed by atoms with E-state index in [1.807, 2.05) is 19.1 Å². The molecular formula is C24H34N4O4. The molecule has 0 radical (unpaired) electrons. The smallest absolute Gasteiger partial charge is 0.307 e. The van der Waals surface area contributed by atoms with Gasteiger partial charge in [-0.1, -0.05) is 6.42 Å². The van der Waals surface area contributed by atoms with Crippen LogP contribution < -0.4 is 14.4 Å². The maximum absolute atomic E-state index is 12.1. The Hall–Kier alpha value is -2.61. The number of anilines is 1. The van der Waals surface area contributed by atoms with Gasteiger partial charge in [-0.3, -0.25) is 9.69 Å². The minimum atomic E-state index is -0.126. The number of hydrogen-bond acceptors (Lipinski definition) is 8. The van der Waals surface area contributed by atoms with Crippen LogP contribution in [0.2, 0.25) is 0 Å². The van der Waals surface area contributed by atoms with Crippen molar-refractivity contribution in [3.63, 3.8) is 0 Å². The van der Waals surface area contributed by atoms with Crippen molar-refractivity contribution in [3.8, 4) is 11.5 Å². The fourth-order valence-electron chi connectivity index (χ4n) is 4.82. The van der Waals surface area contributed by atoms with Gasteiger partial charge in [-0.05, 0) is 45.2 Å². The van der Waals surface area contributed by atoms with Gasteiger partial charge in [-0.2, -0.15) is 0 Å². The first-order valence-corrected chi connectivity index (χ1v) is 11.7. The van der Waals surface area contributed by atoms with Crippen LogP contribution in [0.15, 0.2) is 12.1 Å². The highest BCUT2D eigenvalue weighted by molar-refractivity contribution is 5.92. The summed E-state index contributed by atoms with van der Waals surface area (Å²) in [4.78, 5) is 26.7. The summed E-state index contributed by atoms with van der Waals surface area (Å²) in [5, 5.41) is 0.981. The van der Waals surface area contributed by atoms with Gasteiger partial charge in [-0.15, -0.1) is 0 Å². The Morgan fingerprint density at radius 1 is 1.03 bits per heavy atom. The van der Waals surface area contributed by atoms with Crippen LogP contribution in [0, 0.1) is 0 Å². The van der Waals surface area contributed by atoms with Crippen LogP contribution in [0.1, 0.15) is 51.3 Å². The molecule has 2 aliphatic heterocycles. The van der Waals surface area contributed by atoms with E-state index in [0.29, 0.717) is 31.1 Å². The van der Waals surface area contributed by atoms with Crippen LogP contribution in [0.4, 0.5) is 5.82 Å². The molecule has 174 valence electrons. The van der Waals surface area contributed by atoms with Gasteiger partial charge in [0.2, 0.25) is 0 Å². The van der Waals surface area contributed by atoms with Gasteiger partial charge in [-0.25, -0.2) is 9.97 Å². The number of benzene rings is 1. The zero-order chi connectivity index (χ0) is 22.5. The lowest BCUT2D eigenvalue weighted by Gasteiger charge is -2.34. The van der Waals surface area contributed by atoms with Crippen molar-refractivity contribution >= 4 is 22.7 Å². The molecule has 1 atom stereocenters. The molecule has 0 spiro atoms. The van der Waals surface area contributed by atoms with Gasteiger partial charge in [0, 0.05) is 30.6 Å². The standard InChI is InChI=1S/C24H34N4O4/c1-4-32-23(29)13-17-9-5-6-12-28(17)16-22-25-19-15-21(31-3)20(30-2)14-18(19)24(26-22)27-10-7-8-11-27/h14-15,17H,4-13,16H2,1-3H3. The van der Waals surface area contributed by atoms with Gasteiger partial charge in [0.05, 0.1) is 39.3 Å². The van der Waals surface area contributed by atoms with Crippen molar-refractivity contribution in [2.45, 2.75) is 58.0 Å². The summed E-state index contributed by atoms with van der Waals surface area (Å²) in [6.45, 7) is 5.82. The first-order chi connectivity index (χ1) is 15.6. The second-order valence-corrected chi connectivity index (χ2v) is 8.51. The molecule has 4 rings (SSSR count). The lowest BCUT2D eigenvalue weighted by atomic mass is 9.99. The molecule has 0 saturated carbocycles. The van der Waals surface area contributed by atoms with Gasteiger partial charge in [0.25, 0.3) is 0 Å². The quantitative estimate of drug-likeness (QED) is 0.575. The summed E-state index contributed by atoms with van der Waals surface area (Å²) in [6.07, 6.45) is 6.01. The molecular weight excluding hydrogens is 408 g/mol. The van der Waals surface area contributed by atoms with Crippen molar-refractivity contribution in [1.29, 1.82) is 0 Å². The summed E-state index contributed by atoms with van der Waals surface area (Å²) in [6, 6.07) is 4.09. The Kier molecular flexibility index (Phi) is 7.29. The fourth-order valence-corrected chi connectivity index (χ4v) is 4.82. The summed E-state index contributed by atoms with van der Waals surface area (Å²) in [5.41, 5.74) is 0.855. The molecule has 0 N–H and O–H groups in total. The molecule has 0 bridgehead atoms. The average molecular weight is 443 g/mol. The molecule has 0 aliphatic carbocycles. The molecule has 2 saturated heterocycles. The van der Waals surface area contributed by atoms with E-state index in [4.69, 9.17) is 24.2 Å². The first-order valence-electron chi connectivity index (χ1n) is 11.7. The van der Waals surface area contributed by atoms with E-state index in [0.717, 1.165) is 61.4 Å². The second-order valence-electron chi connectivity index (χ2n) is 8.51. The Labute approximate surface area is 189 Å². The second kappa shape index (κ2) is 10.3. The molecule has 2 fully saturated rings. The third-order valence-corrected chi connectivity index (χ3v) is 6.43. The number of methoxy groups -OCH3 is 2. The maximum atomic E-state index is 12.1. The van der Waals surface area contributed by atoms with Gasteiger partial charge in [0.15, 0.2) is 11.5 Å². The molecule has 3 heterocycles. The number of rotatable bonds is 8. The molecule has 2 aliphatic rings. The third kappa shape index (κ3) is 4.90. The van der Waals surface area contributed by atoms with E-state index in [9.17, 15) is 4.79 Å². The lowest BCUT2D eigenvalue weighted by molar-refractivity contribution is -0.145. The molecule has 2 aromatic rings. The average Bonchev–Trinajstić information content (AvgIpc) is 3.34. The van der Waals surface area contributed by atoms with Crippen LogP contribution in [0.25, 0.3) is 10.9 Å². The van der Waals surface area contributed by atoms with E-state index in [1.54, 1.807) is 14.2 Å². The molecule has 8 nitrogen and oxygen atoms in total. The Balaban J connectivity index is 1.67. The van der Waals surface area contributed by atoms with E-state index in [-0.39, 0.29) is 12.0 Å². The van der Waals surface area contributed by atoms with E-state index >= 15 is 0 Å². The first kappa shape index (κ1) is 22.6. The predicted molar refractivity (Wildman–Crippen MR) is 123 cm³/mol. The minimum absolute atomic E-state index is 0.126. The highest BCUT2D eigenvalue weighted by Gasteiger charge is 2.27. The van der Waals surface area contributed by atoms with E-state index in [2.05, 4.69) is 9.80 Å². The monoisotopic (exact) mass is 442 g/mol. The number of likely N-dealkylation sites (tertiary alicyclic amines) is 1. The molecule has 1 unspecified atom stereocenters. The number of carbonyl (C=O) groups is 1. The number of hydrogen-bond donors (Lipinski definition) is 0. The summed E-state index contributed by atoms with van der Waals surface area (Å²) in [5.74, 6) is 2.96. The lowest BCUT2D eigenvalue weighted by Crippen LogP contribution is -2.41. The zero-order valence-corrected chi connectivity index (χ0v) is 19.4. The minimum Gasteiger partial charge on any atom is -0.493 e. The van der Waals surface area contributed by atoms with Crippen LogP contribution in [0.3, 0.4) is 0 Å². The SMILES string of the molecule is CCOC(=O)CC1CCCCN1Cc1nc(N2CCCC2)c2cc(OC)c(OC)cc2n1. The Bertz CT molecular complexity index is 945. The Morgan fingerprint density at radius 2 is 1.75 bits per heavy atom. The molecule has 1 aromatic heterocycles. The van der Waals surface area contributed by atoms with Crippen LogP contribution in [-0.2, 0) is 16.1 Å². The van der Waals surface area contributed by atoms with Crippen molar-refractivity contribution in [2.75, 3.05) is 45.4 Å². The zero-order valence-electron chi connectivity index (χ0n) is 19.4. The van der Waals surface area contributed by atoms with Crippen LogP contribution >= 0.6 is 0 Å². The molecule has 1 aromatic carbocycles. The number of esters is 1. The summed E-state index contributed by atoms with van der Waals surface area (Å²) in [7, 11) is 3.29. The number of carbonyl (C=O) groups excluding carboxylic acids is 1. The maximum Gasteiger partial charge on any atom is 0.307 e. The van der Waals surface area contributed by atoms with Crippen LogP contribution in [0.5, 0.6) is 11.5 Å². The van der Waals surface area contributed by atoms with Crippen molar-refractivity contribution in [2.24, 2.45) is 0 Å². The number of aromatic nitrogens is 2. The van der Waals surface area contributed by atoms with Crippen molar-refractivity contribution < 1.29 is 19.0 Å². The van der Waals surface area contributed by atoms with E-state index in [1.165, 1.54) is 12.8 Å². The topological polar surface area (TPSA) is 77.0 Å². The fraction of sp³-hybridized carbons (Fsp3) is 0.625. The third-order valence-electron chi connectivity index (χ3n) is 6.43. The molecule has 8 heteroatoms. The van der Waals surface area contributed by atoms with Crippen LogP contribution in [-0.4, -0.2) is 67.3 Å². The van der Waals surface area contributed by atoms with Gasteiger partial charge in [0.1, 0.15) is 11.6 Å². The largest absolute Gasteiger partial charge is 0.493 e.